The Kier molecular flexibility index (Phi) is 1.99. The minimum absolute atomic E-state index is 0.250. The van der Waals surface area contributed by atoms with Gasteiger partial charge in [-0.05, 0) is 6.92 Å². The Morgan fingerprint density at radius 1 is 1.80 bits per heavy atom. The van der Waals surface area contributed by atoms with Gasteiger partial charge in [-0.3, -0.25) is 0 Å². The van der Waals surface area contributed by atoms with Crippen LogP contribution in [0.2, 0.25) is 0 Å². The first-order chi connectivity index (χ1) is 4.84. The van der Waals surface area contributed by atoms with Crippen LogP contribution in [0.15, 0.2) is 12.7 Å². The maximum Gasteiger partial charge on any atom is 0.343 e. The predicted molar refractivity (Wildman–Crippen MR) is 34.5 cm³/mol. The van der Waals surface area contributed by atoms with Crippen molar-refractivity contribution in [3.05, 3.63) is 12.7 Å². The van der Waals surface area contributed by atoms with E-state index in [0.29, 0.717) is 6.54 Å². The monoisotopic (exact) mass is 140 g/mol. The quantitative estimate of drug-likeness (QED) is 0.590. The van der Waals surface area contributed by atoms with Gasteiger partial charge in [-0.15, -0.1) is 0 Å². The summed E-state index contributed by atoms with van der Waals surface area (Å²) in [5, 5.41) is 6.20. The minimum Gasteiger partial charge on any atom is -0.336 e. The van der Waals surface area contributed by atoms with Gasteiger partial charge in [0.25, 0.3) is 0 Å². The lowest BCUT2D eigenvalue weighted by atomic mass is 10.7. The number of nitrogens with zero attached hydrogens (tertiary/aromatic N) is 3. The van der Waals surface area contributed by atoms with Crippen LogP contribution in [0.1, 0.15) is 6.92 Å². The van der Waals surface area contributed by atoms with Crippen LogP contribution in [0.4, 0.5) is 4.79 Å². The van der Waals surface area contributed by atoms with Crippen molar-refractivity contribution in [3.8, 4) is 0 Å². The van der Waals surface area contributed by atoms with E-state index in [4.69, 9.17) is 0 Å². The van der Waals surface area contributed by atoms with Crippen molar-refractivity contribution in [2.45, 2.75) is 6.92 Å². The first kappa shape index (κ1) is 6.73. The molecular weight excluding hydrogens is 132 g/mol. The molecule has 0 saturated heterocycles. The third kappa shape index (κ3) is 1.31. The van der Waals surface area contributed by atoms with Gasteiger partial charge in [-0.1, -0.05) is 0 Å². The maximum absolute atomic E-state index is 10.9. The van der Waals surface area contributed by atoms with Gasteiger partial charge in [-0.25, -0.2) is 9.78 Å². The lowest BCUT2D eigenvalue weighted by Crippen LogP contribution is -2.28. The largest absolute Gasteiger partial charge is 0.343 e. The summed E-state index contributed by atoms with van der Waals surface area (Å²) in [6.45, 7) is 2.44. The summed E-state index contributed by atoms with van der Waals surface area (Å²) in [6.07, 6.45) is 2.67. The van der Waals surface area contributed by atoms with Gasteiger partial charge >= 0.3 is 6.03 Å². The molecule has 0 unspecified atom stereocenters. The summed E-state index contributed by atoms with van der Waals surface area (Å²) in [4.78, 5) is 14.5. The van der Waals surface area contributed by atoms with Crippen molar-refractivity contribution >= 4 is 6.03 Å². The number of amides is 1. The van der Waals surface area contributed by atoms with E-state index in [-0.39, 0.29) is 6.03 Å². The molecule has 1 rings (SSSR count). The molecule has 0 aliphatic carbocycles. The molecule has 1 amide bonds. The first-order valence-corrected chi connectivity index (χ1v) is 2.97. The molecule has 0 fully saturated rings. The average Bonchev–Trinajstić information content (AvgIpc) is 2.38. The SMILES string of the molecule is CCNC(=O)n1cncn1. The molecule has 0 spiro atoms. The molecule has 1 aromatic heterocycles. The molecule has 0 aliphatic heterocycles. The smallest absolute Gasteiger partial charge is 0.336 e. The molecule has 0 radical (unpaired) electrons. The molecule has 5 nitrogen and oxygen atoms in total. The Balaban J connectivity index is 2.59. The van der Waals surface area contributed by atoms with Crippen LogP contribution >= 0.6 is 0 Å². The lowest BCUT2D eigenvalue weighted by molar-refractivity contribution is 0.240. The zero-order valence-corrected chi connectivity index (χ0v) is 5.61. The van der Waals surface area contributed by atoms with Crippen LogP contribution in [-0.2, 0) is 0 Å². The summed E-state index contributed by atoms with van der Waals surface area (Å²) < 4.78 is 1.14. The molecule has 1 aromatic rings. The van der Waals surface area contributed by atoms with Crippen molar-refractivity contribution in [3.63, 3.8) is 0 Å². The Bertz CT molecular complexity index is 205. The number of carbonyl (C=O) groups is 1. The molecule has 0 atom stereocenters. The third-order valence-electron chi connectivity index (χ3n) is 0.955. The molecule has 0 aliphatic rings. The van der Waals surface area contributed by atoms with Gasteiger partial charge < -0.3 is 5.32 Å². The van der Waals surface area contributed by atoms with Gasteiger partial charge in [0, 0.05) is 6.54 Å². The van der Waals surface area contributed by atoms with Gasteiger partial charge in [-0.2, -0.15) is 9.78 Å². The fraction of sp³-hybridized carbons (Fsp3) is 0.400. The Hall–Kier alpha value is -1.39. The number of nitrogens with one attached hydrogen (secondary N) is 1. The number of aromatic nitrogens is 3. The standard InChI is InChI=1S/C5H8N4O/c1-2-7-5(10)9-4-6-3-8-9/h3-4H,2H2,1H3,(H,7,10). The van der Waals surface area contributed by atoms with Crippen LogP contribution in [0.5, 0.6) is 0 Å². The Morgan fingerprint density at radius 2 is 2.60 bits per heavy atom. The van der Waals surface area contributed by atoms with E-state index >= 15 is 0 Å². The van der Waals surface area contributed by atoms with Crippen molar-refractivity contribution in [1.82, 2.24) is 20.1 Å². The van der Waals surface area contributed by atoms with Gasteiger partial charge in [0.2, 0.25) is 0 Å². The summed E-state index contributed by atoms with van der Waals surface area (Å²) in [6, 6.07) is -0.250. The third-order valence-corrected chi connectivity index (χ3v) is 0.955. The fourth-order valence-corrected chi connectivity index (χ4v) is 0.545. The van der Waals surface area contributed by atoms with E-state index in [1.54, 1.807) is 0 Å². The lowest BCUT2D eigenvalue weighted by Gasteiger charge is -1.97. The molecule has 0 aromatic carbocycles. The summed E-state index contributed by atoms with van der Waals surface area (Å²) in [5.74, 6) is 0. The van der Waals surface area contributed by atoms with Crippen molar-refractivity contribution < 1.29 is 4.79 Å². The van der Waals surface area contributed by atoms with Crippen molar-refractivity contribution in [1.29, 1.82) is 0 Å². The van der Waals surface area contributed by atoms with Crippen LogP contribution in [0.3, 0.4) is 0 Å². The summed E-state index contributed by atoms with van der Waals surface area (Å²) in [7, 11) is 0. The van der Waals surface area contributed by atoms with E-state index in [1.807, 2.05) is 6.92 Å². The molecule has 54 valence electrons. The zero-order chi connectivity index (χ0) is 7.40. The molecule has 5 heteroatoms. The highest BCUT2D eigenvalue weighted by Crippen LogP contribution is 1.77. The van der Waals surface area contributed by atoms with Crippen LogP contribution in [0.25, 0.3) is 0 Å². The fourth-order valence-electron chi connectivity index (χ4n) is 0.545. The highest BCUT2D eigenvalue weighted by Gasteiger charge is 1.99. The van der Waals surface area contributed by atoms with E-state index in [0.717, 1.165) is 4.68 Å². The second-order valence-electron chi connectivity index (χ2n) is 1.68. The predicted octanol–water partition coefficient (Wildman–Crippen LogP) is -0.144. The maximum atomic E-state index is 10.9. The topological polar surface area (TPSA) is 59.8 Å². The number of hydrogen-bond acceptors (Lipinski definition) is 3. The van der Waals surface area contributed by atoms with Gasteiger partial charge in [0.05, 0.1) is 0 Å². The van der Waals surface area contributed by atoms with Crippen molar-refractivity contribution in [2.75, 3.05) is 6.54 Å². The van der Waals surface area contributed by atoms with Gasteiger partial charge in [0.1, 0.15) is 12.7 Å². The molecule has 1 heterocycles. The molecule has 1 N–H and O–H groups in total. The number of carbonyl (C=O) groups excluding carboxylic acids is 1. The summed E-state index contributed by atoms with van der Waals surface area (Å²) >= 11 is 0. The normalized spacial score (nSPS) is 9.30. The van der Waals surface area contributed by atoms with E-state index in [2.05, 4.69) is 15.4 Å². The molecular formula is C5H8N4O. The minimum atomic E-state index is -0.250. The van der Waals surface area contributed by atoms with E-state index in [1.165, 1.54) is 12.7 Å². The van der Waals surface area contributed by atoms with E-state index < -0.39 is 0 Å². The number of rotatable bonds is 1. The van der Waals surface area contributed by atoms with Crippen molar-refractivity contribution in [2.24, 2.45) is 0 Å². The van der Waals surface area contributed by atoms with Crippen LogP contribution in [0, 0.1) is 0 Å². The second-order valence-corrected chi connectivity index (χ2v) is 1.68. The summed E-state index contributed by atoms with van der Waals surface area (Å²) in [5.41, 5.74) is 0. The van der Waals surface area contributed by atoms with Crippen LogP contribution < -0.4 is 5.32 Å². The van der Waals surface area contributed by atoms with Gasteiger partial charge in [0.15, 0.2) is 0 Å². The van der Waals surface area contributed by atoms with Crippen LogP contribution in [-0.4, -0.2) is 27.3 Å². The zero-order valence-electron chi connectivity index (χ0n) is 5.61. The highest BCUT2D eigenvalue weighted by atomic mass is 16.2. The second kappa shape index (κ2) is 2.95. The molecule has 10 heavy (non-hydrogen) atoms. The van der Waals surface area contributed by atoms with E-state index in [9.17, 15) is 4.79 Å². The highest BCUT2D eigenvalue weighted by molar-refractivity contribution is 5.75. The Labute approximate surface area is 58.1 Å². The number of hydrogen-bond donors (Lipinski definition) is 1. The first-order valence-electron chi connectivity index (χ1n) is 2.97. The molecule has 0 saturated carbocycles. The Morgan fingerprint density at radius 3 is 3.10 bits per heavy atom. The average molecular weight is 140 g/mol. The molecule has 0 bridgehead atoms.